The third-order valence-electron chi connectivity index (χ3n) is 0. The second kappa shape index (κ2) is 9.11. The predicted octanol–water partition coefficient (Wildman–Crippen LogP) is -0.696. The van der Waals surface area contributed by atoms with Crippen LogP contribution >= 0.6 is 0 Å². The van der Waals surface area contributed by atoms with Gasteiger partial charge in [-0.05, 0) is 0 Å². The van der Waals surface area contributed by atoms with Gasteiger partial charge in [-0.1, -0.05) is 0 Å². The van der Waals surface area contributed by atoms with Gasteiger partial charge in [-0.15, -0.1) is 0 Å². The Morgan fingerprint density at radius 1 is 1.33 bits per heavy atom. The van der Waals surface area contributed by atoms with Crippen molar-refractivity contribution in [1.82, 2.24) is 0 Å². The summed E-state index contributed by atoms with van der Waals surface area (Å²) in [6.45, 7) is 0. The summed E-state index contributed by atoms with van der Waals surface area (Å²) in [6.07, 6.45) is -1.83. The van der Waals surface area contributed by atoms with Gasteiger partial charge in [0.2, 0.25) is 0 Å². The van der Waals surface area contributed by atoms with E-state index in [0.29, 0.717) is 0 Å². The molecule has 0 atom stereocenters. The Morgan fingerprint density at radius 3 is 1.33 bits per heavy atom. The minimum atomic E-state index is -1.83. The van der Waals surface area contributed by atoms with Crippen molar-refractivity contribution in [2.75, 3.05) is 0 Å². The zero-order valence-electron chi connectivity index (χ0n) is 2.12. The molecule has 0 unspecified atom stereocenters. The van der Waals surface area contributed by atoms with Gasteiger partial charge in [0.25, 0.3) is 0 Å². The molecule has 0 bridgehead atoms. The number of carboxylic acid groups (broad SMARTS) is 2. The quantitative estimate of drug-likeness (QED) is 0.445. The number of hydrogen-bond acceptors (Lipinski definition) is 1. The molecule has 0 radical (unpaired) electrons. The molecule has 0 aromatic heterocycles. The van der Waals surface area contributed by atoms with Gasteiger partial charge in [-0.25, -0.2) is 4.79 Å². The van der Waals surface area contributed by atoms with Crippen LogP contribution in [-0.2, 0) is 16.5 Å². The van der Waals surface area contributed by atoms with Gasteiger partial charge < -0.3 is 10.2 Å². The maximum absolute atomic E-state index is 8.56. The van der Waals surface area contributed by atoms with Gasteiger partial charge in [0, 0.05) is 16.5 Å². The Kier molecular flexibility index (Phi) is 24.3. The van der Waals surface area contributed by atoms with E-state index in [0.717, 1.165) is 0 Å². The second-order valence-electron chi connectivity index (χ2n) is 0.283. The Balaban J connectivity index is -0.0000000450. The molecule has 0 fully saturated rings. The zero-order valence-corrected chi connectivity index (χ0v) is 3.11. The summed E-state index contributed by atoms with van der Waals surface area (Å²) < 4.78 is 0. The first kappa shape index (κ1) is 16.0. The first-order valence-electron chi connectivity index (χ1n) is 0.651. The van der Waals surface area contributed by atoms with Gasteiger partial charge in [0.15, 0.2) is 0 Å². The van der Waals surface area contributed by atoms with E-state index in [9.17, 15) is 0 Å². The fourth-order valence-corrected chi connectivity index (χ4v) is 0. The SMILES string of the molecule is O=C(O)O.[MgH2].[Ni]. The maximum atomic E-state index is 8.56. The molecule has 0 rings (SSSR count). The van der Waals surface area contributed by atoms with Crippen LogP contribution in [0.4, 0.5) is 4.79 Å². The third-order valence-corrected chi connectivity index (χ3v) is 0. The smallest absolute Gasteiger partial charge is 0.450 e. The Bertz CT molecular complexity index is 33.8. The summed E-state index contributed by atoms with van der Waals surface area (Å²) in [7, 11) is 0. The van der Waals surface area contributed by atoms with Crippen molar-refractivity contribution in [3.63, 3.8) is 0 Å². The van der Waals surface area contributed by atoms with Crippen LogP contribution in [0.1, 0.15) is 0 Å². The van der Waals surface area contributed by atoms with Crippen LogP contribution in [0.15, 0.2) is 0 Å². The van der Waals surface area contributed by atoms with E-state index in [2.05, 4.69) is 0 Å². The van der Waals surface area contributed by atoms with Crippen LogP contribution in [0.25, 0.3) is 0 Å². The summed E-state index contributed by atoms with van der Waals surface area (Å²) in [5.41, 5.74) is 0. The Hall–Kier alpha value is 0.530. The average Bonchev–Trinajstić information content (AvgIpc) is 0.811. The summed E-state index contributed by atoms with van der Waals surface area (Å²) >= 11 is 0. The minimum Gasteiger partial charge on any atom is -0.450 e. The van der Waals surface area contributed by atoms with Crippen molar-refractivity contribution >= 4 is 29.2 Å². The number of carbonyl (C=O) groups is 1. The van der Waals surface area contributed by atoms with E-state index in [1.165, 1.54) is 0 Å². The fraction of sp³-hybridized carbons (Fsp3) is 0. The van der Waals surface area contributed by atoms with Crippen LogP contribution in [0.2, 0.25) is 0 Å². The molecule has 0 aromatic carbocycles. The molecule has 5 heteroatoms. The van der Waals surface area contributed by atoms with Crippen molar-refractivity contribution in [2.45, 2.75) is 0 Å². The third kappa shape index (κ3) is 201. The van der Waals surface area contributed by atoms with Crippen molar-refractivity contribution in [3.05, 3.63) is 0 Å². The van der Waals surface area contributed by atoms with Crippen molar-refractivity contribution in [2.24, 2.45) is 0 Å². The van der Waals surface area contributed by atoms with Crippen LogP contribution in [0, 0.1) is 0 Å². The summed E-state index contributed by atoms with van der Waals surface area (Å²) in [5.74, 6) is 0. The first-order valence-corrected chi connectivity index (χ1v) is 0.651. The van der Waals surface area contributed by atoms with E-state index < -0.39 is 6.16 Å². The van der Waals surface area contributed by atoms with Crippen LogP contribution in [0.5, 0.6) is 0 Å². The Morgan fingerprint density at radius 2 is 1.33 bits per heavy atom. The van der Waals surface area contributed by atoms with E-state index in [1.54, 1.807) is 0 Å². The molecule has 0 aliphatic carbocycles. The predicted molar refractivity (Wildman–Crippen MR) is 19.2 cm³/mol. The zero-order chi connectivity index (χ0) is 3.58. The van der Waals surface area contributed by atoms with Gasteiger partial charge in [0.05, 0.1) is 0 Å². The van der Waals surface area contributed by atoms with Crippen LogP contribution in [0.3, 0.4) is 0 Å². The summed E-state index contributed by atoms with van der Waals surface area (Å²) in [5, 5.41) is 13.9. The normalized spacial score (nSPS) is 4.00. The van der Waals surface area contributed by atoms with Crippen LogP contribution in [-0.4, -0.2) is 39.4 Å². The van der Waals surface area contributed by atoms with Crippen molar-refractivity contribution < 1.29 is 31.5 Å². The molecular weight excluding hydrogens is 143 g/mol. The molecule has 0 aromatic rings. The molecule has 0 amide bonds. The monoisotopic (exact) mass is 146 g/mol. The summed E-state index contributed by atoms with van der Waals surface area (Å²) in [4.78, 5) is 8.56. The molecule has 3 nitrogen and oxygen atoms in total. The molecule has 0 saturated carbocycles. The van der Waals surface area contributed by atoms with E-state index in [4.69, 9.17) is 15.0 Å². The van der Waals surface area contributed by atoms with E-state index >= 15 is 0 Å². The number of rotatable bonds is 0. The van der Waals surface area contributed by atoms with Gasteiger partial charge in [-0.3, -0.25) is 0 Å². The largest absolute Gasteiger partial charge is 0.503 e. The van der Waals surface area contributed by atoms with Crippen LogP contribution < -0.4 is 0 Å². The molecule has 0 heterocycles. The minimum absolute atomic E-state index is 0. The molecular formula is CH4MgNiO3. The molecule has 2 N–H and O–H groups in total. The van der Waals surface area contributed by atoms with Crippen molar-refractivity contribution in [1.29, 1.82) is 0 Å². The molecule has 38 valence electrons. The molecule has 0 aliphatic heterocycles. The fourth-order valence-electron chi connectivity index (χ4n) is 0. The first-order chi connectivity index (χ1) is 1.73. The maximum Gasteiger partial charge on any atom is 0.503 e. The second-order valence-corrected chi connectivity index (χ2v) is 0.283. The van der Waals surface area contributed by atoms with Gasteiger partial charge >= 0.3 is 29.2 Å². The molecule has 0 spiro atoms. The molecule has 0 saturated heterocycles. The van der Waals surface area contributed by atoms with Crippen molar-refractivity contribution in [3.8, 4) is 0 Å². The standard InChI is InChI=1S/CH2O3.Mg.Ni.2H/c2-1(3)4;;;;/h(H2,2,3,4);;;;. The topological polar surface area (TPSA) is 57.5 Å². The summed E-state index contributed by atoms with van der Waals surface area (Å²) in [6, 6.07) is 0. The van der Waals surface area contributed by atoms with Gasteiger partial charge in [0.1, 0.15) is 0 Å². The van der Waals surface area contributed by atoms with E-state index in [-0.39, 0.29) is 39.5 Å². The number of hydrogen-bond donors (Lipinski definition) is 2. The van der Waals surface area contributed by atoms with Gasteiger partial charge in [-0.2, -0.15) is 0 Å². The molecule has 0 aliphatic rings. The average molecular weight is 147 g/mol. The molecule has 6 heavy (non-hydrogen) atoms. The Labute approximate surface area is 60.8 Å². The van der Waals surface area contributed by atoms with E-state index in [1.807, 2.05) is 0 Å².